The maximum atomic E-state index is 13.0. The fourth-order valence-electron chi connectivity index (χ4n) is 2.95. The molecular formula is C18H19F3N2O4. The van der Waals surface area contributed by atoms with Crippen LogP contribution in [0.2, 0.25) is 0 Å². The minimum absolute atomic E-state index is 0.0538. The molecule has 2 N–H and O–H groups in total. The molecule has 0 saturated carbocycles. The number of rotatable bonds is 7. The quantitative estimate of drug-likeness (QED) is 0.587. The van der Waals surface area contributed by atoms with Gasteiger partial charge >= 0.3 is 6.18 Å². The van der Waals surface area contributed by atoms with Gasteiger partial charge in [0, 0.05) is 24.2 Å². The van der Waals surface area contributed by atoms with Crippen molar-refractivity contribution in [1.29, 1.82) is 0 Å². The van der Waals surface area contributed by atoms with Crippen molar-refractivity contribution in [2.45, 2.75) is 38.9 Å². The van der Waals surface area contributed by atoms with Crippen molar-refractivity contribution in [3.63, 3.8) is 0 Å². The lowest BCUT2D eigenvalue weighted by Gasteiger charge is -2.12. The smallest absolute Gasteiger partial charge is 0.437 e. The van der Waals surface area contributed by atoms with Crippen LogP contribution in [0.5, 0.6) is 17.5 Å². The van der Waals surface area contributed by atoms with Gasteiger partial charge in [0.05, 0.1) is 12.0 Å². The molecule has 0 unspecified atom stereocenters. The maximum Gasteiger partial charge on any atom is 0.437 e. The predicted octanol–water partition coefficient (Wildman–Crippen LogP) is 4.48. The third-order valence-electron chi connectivity index (χ3n) is 4.19. The molecule has 0 aliphatic rings. The van der Waals surface area contributed by atoms with Crippen LogP contribution in [-0.2, 0) is 19.1 Å². The van der Waals surface area contributed by atoms with Gasteiger partial charge in [0.15, 0.2) is 23.0 Å². The third-order valence-corrected chi connectivity index (χ3v) is 4.19. The number of benzene rings is 1. The molecule has 0 spiro atoms. The average molecular weight is 384 g/mol. The second-order valence-corrected chi connectivity index (χ2v) is 6.10. The molecule has 9 heteroatoms. The summed E-state index contributed by atoms with van der Waals surface area (Å²) in [5, 5.41) is 22.3. The Morgan fingerprint density at radius 2 is 1.85 bits per heavy atom. The molecule has 0 saturated heterocycles. The Morgan fingerprint density at radius 3 is 2.48 bits per heavy atom. The Hall–Kier alpha value is -2.84. The Kier molecular flexibility index (Phi) is 5.20. The van der Waals surface area contributed by atoms with E-state index in [0.29, 0.717) is 37.1 Å². The molecule has 0 bridgehead atoms. The van der Waals surface area contributed by atoms with Gasteiger partial charge in [0.25, 0.3) is 0 Å². The Morgan fingerprint density at radius 1 is 1.15 bits per heavy atom. The number of alkyl halides is 3. The molecule has 3 rings (SSSR count). The number of nitrogens with zero attached hydrogens (tertiary/aromatic N) is 2. The van der Waals surface area contributed by atoms with Gasteiger partial charge in [-0.25, -0.2) is 0 Å². The molecule has 0 radical (unpaired) electrons. The molecule has 2 heterocycles. The van der Waals surface area contributed by atoms with Crippen molar-refractivity contribution < 1.29 is 32.6 Å². The highest BCUT2D eigenvalue weighted by atomic mass is 19.4. The topological polar surface area (TPSA) is 80.7 Å². The summed E-state index contributed by atoms with van der Waals surface area (Å²) in [6, 6.07) is 5.55. The molecule has 2 aromatic heterocycles. The molecular weight excluding hydrogens is 365 g/mol. The van der Waals surface area contributed by atoms with Gasteiger partial charge in [0.1, 0.15) is 5.75 Å². The largest absolute Gasteiger partial charge is 0.494 e. The van der Waals surface area contributed by atoms with Crippen LogP contribution in [0.15, 0.2) is 28.8 Å². The summed E-state index contributed by atoms with van der Waals surface area (Å²) in [6.07, 6.45) is -2.93. The van der Waals surface area contributed by atoms with Gasteiger partial charge in [-0.15, -0.1) is 0 Å². The lowest BCUT2D eigenvalue weighted by molar-refractivity contribution is -0.141. The van der Waals surface area contributed by atoms with Crippen LogP contribution >= 0.6 is 0 Å². The Labute approximate surface area is 152 Å². The van der Waals surface area contributed by atoms with Crippen molar-refractivity contribution in [3.05, 3.63) is 35.5 Å². The van der Waals surface area contributed by atoms with Gasteiger partial charge in [-0.2, -0.15) is 13.2 Å². The van der Waals surface area contributed by atoms with E-state index >= 15 is 0 Å². The minimum Gasteiger partial charge on any atom is -0.494 e. The molecule has 3 aromatic rings. The molecule has 0 aliphatic carbocycles. The first kappa shape index (κ1) is 18.9. The molecule has 0 atom stereocenters. The minimum atomic E-state index is -4.59. The molecule has 146 valence electrons. The van der Waals surface area contributed by atoms with E-state index in [2.05, 4.69) is 5.16 Å². The summed E-state index contributed by atoms with van der Waals surface area (Å²) in [6.45, 7) is 2.48. The van der Waals surface area contributed by atoms with E-state index in [1.807, 2.05) is 6.92 Å². The van der Waals surface area contributed by atoms with Gasteiger partial charge in [-0.3, -0.25) is 4.57 Å². The first-order chi connectivity index (χ1) is 12.8. The number of aryl methyl sites for hydroxylation is 1. The van der Waals surface area contributed by atoms with Crippen LogP contribution in [-0.4, -0.2) is 26.5 Å². The number of aromatic nitrogens is 2. The summed E-state index contributed by atoms with van der Waals surface area (Å²) in [7, 11) is 0. The van der Waals surface area contributed by atoms with Gasteiger partial charge in [0.2, 0.25) is 0 Å². The third kappa shape index (κ3) is 3.81. The highest BCUT2D eigenvalue weighted by molar-refractivity contribution is 5.85. The summed E-state index contributed by atoms with van der Waals surface area (Å²) in [5.74, 6) is 0.332. The second kappa shape index (κ2) is 7.42. The molecule has 1 aromatic carbocycles. The monoisotopic (exact) mass is 384 g/mol. The Balaban J connectivity index is 1.77. The van der Waals surface area contributed by atoms with Gasteiger partial charge < -0.3 is 19.5 Å². The van der Waals surface area contributed by atoms with Crippen LogP contribution in [0.1, 0.15) is 31.0 Å². The molecule has 0 amide bonds. The zero-order chi connectivity index (χ0) is 19.6. The van der Waals surface area contributed by atoms with Crippen molar-refractivity contribution in [1.82, 2.24) is 9.72 Å². The lowest BCUT2D eigenvalue weighted by atomic mass is 10.0. The zero-order valence-electron chi connectivity index (χ0n) is 14.6. The van der Waals surface area contributed by atoms with E-state index in [1.54, 1.807) is 0 Å². The number of hydrogen-bond donors (Lipinski definition) is 2. The fraction of sp³-hybridized carbons (Fsp3) is 0.389. The summed E-state index contributed by atoms with van der Waals surface area (Å²) in [5.41, 5.74) is -0.410. The summed E-state index contributed by atoms with van der Waals surface area (Å²) < 4.78 is 51.1. The maximum absolute atomic E-state index is 13.0. The normalized spacial score (nSPS) is 12.0. The van der Waals surface area contributed by atoms with Crippen molar-refractivity contribution in [3.8, 4) is 17.5 Å². The molecule has 27 heavy (non-hydrogen) atoms. The Bertz CT molecular complexity index is 911. The first-order valence-corrected chi connectivity index (χ1v) is 8.51. The van der Waals surface area contributed by atoms with E-state index in [1.165, 1.54) is 28.8 Å². The molecule has 0 aliphatic heterocycles. The van der Waals surface area contributed by atoms with Crippen molar-refractivity contribution >= 4 is 11.0 Å². The van der Waals surface area contributed by atoms with Crippen molar-refractivity contribution in [2.75, 3.05) is 6.61 Å². The highest BCUT2D eigenvalue weighted by Crippen LogP contribution is 2.38. The van der Waals surface area contributed by atoms with E-state index in [9.17, 15) is 23.4 Å². The van der Waals surface area contributed by atoms with Crippen LogP contribution in [0.4, 0.5) is 13.2 Å². The first-order valence-electron chi connectivity index (χ1n) is 8.51. The van der Waals surface area contributed by atoms with Gasteiger partial charge in [-0.05, 0) is 25.0 Å². The standard InChI is InChI=1S/C18H19F3N2O4/c1-2-4-11-13(26-10-3-9-23-14(24)7-8-15(23)25)6-5-12-16(11)27-22-17(12)18(19,20)21/h5-8,24-25H,2-4,9-10H2,1H3. The second-order valence-electron chi connectivity index (χ2n) is 6.10. The summed E-state index contributed by atoms with van der Waals surface area (Å²) >= 11 is 0. The van der Waals surface area contributed by atoms with Crippen molar-refractivity contribution in [2.24, 2.45) is 0 Å². The molecule has 6 nitrogen and oxygen atoms in total. The zero-order valence-corrected chi connectivity index (χ0v) is 14.6. The molecule has 0 fully saturated rings. The number of hydrogen-bond acceptors (Lipinski definition) is 5. The fourth-order valence-corrected chi connectivity index (χ4v) is 2.95. The van der Waals surface area contributed by atoms with E-state index in [0.717, 1.165) is 0 Å². The van der Waals surface area contributed by atoms with Crippen LogP contribution in [0, 0.1) is 0 Å². The SMILES string of the molecule is CCCc1c(OCCCn2c(O)ccc2O)ccc2c(C(F)(F)F)noc12. The van der Waals surface area contributed by atoms with Gasteiger partial charge in [-0.1, -0.05) is 18.5 Å². The number of ether oxygens (including phenoxy) is 1. The summed E-state index contributed by atoms with van der Waals surface area (Å²) in [4.78, 5) is 0. The highest BCUT2D eigenvalue weighted by Gasteiger charge is 2.37. The van der Waals surface area contributed by atoms with Crippen LogP contribution in [0.25, 0.3) is 11.0 Å². The average Bonchev–Trinajstić information content (AvgIpc) is 3.18. The van der Waals surface area contributed by atoms with Crippen LogP contribution < -0.4 is 4.74 Å². The van der Waals surface area contributed by atoms with E-state index in [-0.39, 0.29) is 29.3 Å². The number of halogens is 3. The number of aromatic hydroxyl groups is 2. The predicted molar refractivity (Wildman–Crippen MR) is 90.9 cm³/mol. The van der Waals surface area contributed by atoms with E-state index in [4.69, 9.17) is 9.26 Å². The lowest BCUT2D eigenvalue weighted by Crippen LogP contribution is -2.06. The van der Waals surface area contributed by atoms with Crippen LogP contribution in [0.3, 0.4) is 0 Å². The number of fused-ring (bicyclic) bond motifs is 1. The van der Waals surface area contributed by atoms with E-state index < -0.39 is 11.9 Å².